The first kappa shape index (κ1) is 12.5. The molecule has 1 aromatic rings. The van der Waals surface area contributed by atoms with Crippen molar-refractivity contribution in [3.05, 3.63) is 22.8 Å². The van der Waals surface area contributed by atoms with E-state index in [1.807, 2.05) is 6.92 Å². The molecule has 1 aliphatic rings. The Morgan fingerprint density at radius 3 is 2.78 bits per heavy atom. The van der Waals surface area contributed by atoms with Gasteiger partial charge < -0.3 is 10.8 Å². The van der Waals surface area contributed by atoms with E-state index in [1.165, 1.54) is 0 Å². The Kier molecular flexibility index (Phi) is 3.27. The van der Waals surface area contributed by atoms with Crippen LogP contribution >= 0.6 is 0 Å². The largest absolute Gasteiger partial charge is 0.481 e. The number of nitrogens with zero attached hydrogens (tertiary/aromatic N) is 2. The van der Waals surface area contributed by atoms with Gasteiger partial charge >= 0.3 is 5.97 Å². The molecular weight excluding hydrogens is 234 g/mol. The number of carbonyl (C=O) groups is 2. The fourth-order valence-electron chi connectivity index (χ4n) is 2.30. The number of hydrogen-bond donors (Lipinski definition) is 2. The molecule has 0 radical (unpaired) electrons. The zero-order chi connectivity index (χ0) is 13.3. The van der Waals surface area contributed by atoms with E-state index in [9.17, 15) is 9.59 Å². The van der Waals surface area contributed by atoms with Crippen molar-refractivity contribution < 1.29 is 14.7 Å². The molecule has 0 spiro atoms. The van der Waals surface area contributed by atoms with E-state index < -0.39 is 11.9 Å². The van der Waals surface area contributed by atoms with Crippen LogP contribution in [0.4, 0.5) is 0 Å². The summed E-state index contributed by atoms with van der Waals surface area (Å²) in [6, 6.07) is 0. The van der Waals surface area contributed by atoms with Gasteiger partial charge in [-0.2, -0.15) is 0 Å². The molecule has 6 heteroatoms. The van der Waals surface area contributed by atoms with Gasteiger partial charge in [-0.25, -0.2) is 9.97 Å². The lowest BCUT2D eigenvalue weighted by atomic mass is 9.86. The highest BCUT2D eigenvalue weighted by atomic mass is 16.4. The van der Waals surface area contributed by atoms with Crippen molar-refractivity contribution in [3.63, 3.8) is 0 Å². The molecule has 6 nitrogen and oxygen atoms in total. The lowest BCUT2D eigenvalue weighted by Gasteiger charge is -2.22. The average molecular weight is 249 g/mol. The van der Waals surface area contributed by atoms with Crippen LogP contribution in [0, 0.1) is 12.8 Å². The van der Waals surface area contributed by atoms with Crippen molar-refractivity contribution in [1.29, 1.82) is 0 Å². The zero-order valence-corrected chi connectivity index (χ0v) is 10.1. The minimum absolute atomic E-state index is 0.0243. The highest BCUT2D eigenvalue weighted by molar-refractivity contribution is 5.75. The summed E-state index contributed by atoms with van der Waals surface area (Å²) in [4.78, 5) is 30.4. The van der Waals surface area contributed by atoms with Crippen LogP contribution in [-0.4, -0.2) is 27.0 Å². The van der Waals surface area contributed by atoms with Crippen LogP contribution in [0.5, 0.6) is 0 Å². The average Bonchev–Trinajstić information content (AvgIpc) is 2.27. The molecule has 0 aromatic carbocycles. The van der Waals surface area contributed by atoms with E-state index in [2.05, 4.69) is 9.97 Å². The van der Waals surface area contributed by atoms with E-state index in [0.29, 0.717) is 25.1 Å². The molecule has 1 aliphatic carbocycles. The number of carboxylic acid groups (broad SMARTS) is 1. The Hall–Kier alpha value is -1.98. The molecule has 1 unspecified atom stereocenters. The topological polar surface area (TPSA) is 106 Å². The second-order valence-electron chi connectivity index (χ2n) is 4.57. The summed E-state index contributed by atoms with van der Waals surface area (Å²) >= 11 is 0. The van der Waals surface area contributed by atoms with Crippen molar-refractivity contribution in [2.75, 3.05) is 0 Å². The van der Waals surface area contributed by atoms with Crippen LogP contribution in [0.15, 0.2) is 0 Å². The van der Waals surface area contributed by atoms with Gasteiger partial charge in [0.15, 0.2) is 0 Å². The number of hydrogen-bond acceptors (Lipinski definition) is 4. The quantitative estimate of drug-likeness (QED) is 0.784. The molecule has 0 bridgehead atoms. The molecule has 3 N–H and O–H groups in total. The summed E-state index contributed by atoms with van der Waals surface area (Å²) < 4.78 is 0. The number of aromatic nitrogens is 2. The fraction of sp³-hybridized carbons (Fsp3) is 0.500. The molecular formula is C12H15N3O3. The van der Waals surface area contributed by atoms with Crippen LogP contribution in [0.3, 0.4) is 0 Å². The van der Waals surface area contributed by atoms with E-state index in [-0.39, 0.29) is 12.3 Å². The zero-order valence-electron chi connectivity index (χ0n) is 10.1. The smallest absolute Gasteiger partial charge is 0.306 e. The predicted molar refractivity (Wildman–Crippen MR) is 62.8 cm³/mol. The summed E-state index contributed by atoms with van der Waals surface area (Å²) in [7, 11) is 0. The third-order valence-corrected chi connectivity index (χ3v) is 3.21. The summed E-state index contributed by atoms with van der Waals surface area (Å²) in [5.74, 6) is -1.18. The first-order valence-corrected chi connectivity index (χ1v) is 5.83. The molecule has 18 heavy (non-hydrogen) atoms. The van der Waals surface area contributed by atoms with Crippen LogP contribution in [0.2, 0.25) is 0 Å². The maximum Gasteiger partial charge on any atom is 0.306 e. The number of rotatable bonds is 3. The molecule has 2 rings (SSSR count). The fourth-order valence-corrected chi connectivity index (χ4v) is 2.30. The molecule has 0 saturated carbocycles. The van der Waals surface area contributed by atoms with E-state index in [4.69, 9.17) is 10.8 Å². The first-order chi connectivity index (χ1) is 8.47. The second-order valence-corrected chi connectivity index (χ2v) is 4.57. The maximum atomic E-state index is 11.0. The number of aryl methyl sites for hydroxylation is 2. The van der Waals surface area contributed by atoms with Gasteiger partial charge in [-0.3, -0.25) is 9.59 Å². The first-order valence-electron chi connectivity index (χ1n) is 5.83. The van der Waals surface area contributed by atoms with Crippen LogP contribution in [0.25, 0.3) is 0 Å². The van der Waals surface area contributed by atoms with Gasteiger partial charge in [-0.05, 0) is 31.7 Å². The second kappa shape index (κ2) is 4.72. The highest BCUT2D eigenvalue weighted by Gasteiger charge is 2.27. The third kappa shape index (κ3) is 2.47. The number of aliphatic carboxylic acids is 1. The maximum absolute atomic E-state index is 11.0. The molecule has 1 heterocycles. The van der Waals surface area contributed by atoms with Crippen molar-refractivity contribution in [1.82, 2.24) is 9.97 Å². The highest BCUT2D eigenvalue weighted by Crippen LogP contribution is 2.26. The van der Waals surface area contributed by atoms with E-state index in [1.54, 1.807) is 0 Å². The van der Waals surface area contributed by atoms with Crippen molar-refractivity contribution >= 4 is 11.9 Å². The lowest BCUT2D eigenvalue weighted by Crippen LogP contribution is -2.25. The Morgan fingerprint density at radius 2 is 2.17 bits per heavy atom. The van der Waals surface area contributed by atoms with Crippen LogP contribution in [0.1, 0.15) is 29.2 Å². The van der Waals surface area contributed by atoms with Gasteiger partial charge in [0.05, 0.1) is 12.3 Å². The summed E-state index contributed by atoms with van der Waals surface area (Å²) in [5, 5.41) is 9.03. The molecule has 1 aromatic heterocycles. The Balaban J connectivity index is 2.31. The van der Waals surface area contributed by atoms with E-state index in [0.717, 1.165) is 17.0 Å². The van der Waals surface area contributed by atoms with Gasteiger partial charge in [0.2, 0.25) is 5.91 Å². The minimum atomic E-state index is -0.777. The third-order valence-electron chi connectivity index (χ3n) is 3.21. The summed E-state index contributed by atoms with van der Waals surface area (Å²) in [6.45, 7) is 1.81. The van der Waals surface area contributed by atoms with Gasteiger partial charge in [-0.15, -0.1) is 0 Å². The number of fused-ring (bicyclic) bond motifs is 1. The Labute approximate surface area is 104 Å². The van der Waals surface area contributed by atoms with Gasteiger partial charge in [-0.1, -0.05) is 0 Å². The number of carbonyl (C=O) groups excluding carboxylic acids is 1. The minimum Gasteiger partial charge on any atom is -0.481 e. The number of amides is 1. The normalized spacial score (nSPS) is 18.2. The van der Waals surface area contributed by atoms with Crippen LogP contribution < -0.4 is 5.73 Å². The Morgan fingerprint density at radius 1 is 1.44 bits per heavy atom. The Bertz CT molecular complexity index is 514. The SMILES string of the molecule is Cc1nc(CC(N)=O)nc2c1CC(C(=O)O)CC2. The van der Waals surface area contributed by atoms with Crippen molar-refractivity contribution in [2.45, 2.75) is 32.6 Å². The molecule has 0 saturated heterocycles. The molecule has 0 aliphatic heterocycles. The van der Waals surface area contributed by atoms with E-state index >= 15 is 0 Å². The number of carboxylic acids is 1. The number of nitrogens with two attached hydrogens (primary N) is 1. The summed E-state index contributed by atoms with van der Waals surface area (Å²) in [6.07, 6.45) is 1.68. The van der Waals surface area contributed by atoms with Gasteiger partial charge in [0.1, 0.15) is 5.82 Å². The molecule has 96 valence electrons. The monoisotopic (exact) mass is 249 g/mol. The van der Waals surface area contributed by atoms with Gasteiger partial charge in [0.25, 0.3) is 0 Å². The standard InChI is InChI=1S/C12H15N3O3/c1-6-8-4-7(12(17)18)2-3-9(8)15-11(14-6)5-10(13)16/h7H,2-5H2,1H3,(H2,13,16)(H,17,18). The van der Waals surface area contributed by atoms with Crippen molar-refractivity contribution in [2.24, 2.45) is 11.7 Å². The molecule has 1 atom stereocenters. The summed E-state index contributed by atoms with van der Waals surface area (Å²) in [5.41, 5.74) is 7.63. The molecule has 1 amide bonds. The predicted octanol–water partition coefficient (Wildman–Crippen LogP) is 0.00232. The van der Waals surface area contributed by atoms with Crippen LogP contribution in [-0.2, 0) is 28.9 Å². The lowest BCUT2D eigenvalue weighted by molar-refractivity contribution is -0.142. The van der Waals surface area contributed by atoms with Crippen molar-refractivity contribution in [3.8, 4) is 0 Å². The number of primary amides is 1. The molecule has 0 fully saturated rings. The van der Waals surface area contributed by atoms with Gasteiger partial charge in [0, 0.05) is 11.4 Å².